The first kappa shape index (κ1) is 21.4. The molecule has 4 nitrogen and oxygen atoms in total. The molecule has 4 rings (SSSR count). The summed E-state index contributed by atoms with van der Waals surface area (Å²) in [6.45, 7) is 2.99. The lowest BCUT2D eigenvalue weighted by atomic mass is 9.96. The van der Waals surface area contributed by atoms with Crippen molar-refractivity contribution in [3.63, 3.8) is 0 Å². The first-order valence-electron chi connectivity index (χ1n) is 10.7. The van der Waals surface area contributed by atoms with Crippen LogP contribution < -0.4 is 5.32 Å². The molecule has 0 radical (unpaired) electrons. The van der Waals surface area contributed by atoms with Gasteiger partial charge in [0.25, 0.3) is 5.91 Å². The molecule has 0 atom stereocenters. The van der Waals surface area contributed by atoms with Crippen molar-refractivity contribution in [1.82, 2.24) is 15.2 Å². The summed E-state index contributed by atoms with van der Waals surface area (Å²) in [5.41, 5.74) is 2.27. The van der Waals surface area contributed by atoms with E-state index in [1.54, 1.807) is 17.0 Å². The van der Waals surface area contributed by atoms with Gasteiger partial charge in [0.2, 0.25) is 0 Å². The van der Waals surface area contributed by atoms with Gasteiger partial charge in [-0.05, 0) is 86.7 Å². The van der Waals surface area contributed by atoms with Crippen LogP contribution in [0.4, 0.5) is 13.2 Å². The highest BCUT2D eigenvalue weighted by Crippen LogP contribution is 2.21. The summed E-state index contributed by atoms with van der Waals surface area (Å²) in [4.78, 5) is 17.4. The van der Waals surface area contributed by atoms with Gasteiger partial charge in [-0.3, -0.25) is 4.79 Å². The van der Waals surface area contributed by atoms with Gasteiger partial charge in [-0.25, -0.2) is 13.2 Å². The smallest absolute Gasteiger partial charge is 0.253 e. The third-order valence-electron chi connectivity index (χ3n) is 6.03. The average Bonchev–Trinajstić information content (AvgIpc) is 3.17. The normalized spacial score (nSPS) is 15.0. The number of aryl methyl sites for hydroxylation is 1. The molecule has 1 fully saturated rings. The first-order chi connectivity index (χ1) is 15.0. The largest absolute Gasteiger partial charge is 0.361 e. The van der Waals surface area contributed by atoms with Crippen LogP contribution in [0.15, 0.2) is 42.6 Å². The summed E-state index contributed by atoms with van der Waals surface area (Å²) in [5, 5.41) is 4.43. The van der Waals surface area contributed by atoms with E-state index in [0.717, 1.165) is 67.4 Å². The Bertz CT molecular complexity index is 1060. The van der Waals surface area contributed by atoms with E-state index in [0.29, 0.717) is 19.0 Å². The minimum Gasteiger partial charge on any atom is -0.361 e. The van der Waals surface area contributed by atoms with Crippen molar-refractivity contribution < 1.29 is 18.0 Å². The van der Waals surface area contributed by atoms with Crippen LogP contribution in [0.25, 0.3) is 10.9 Å². The van der Waals surface area contributed by atoms with E-state index in [1.165, 1.54) is 12.1 Å². The summed E-state index contributed by atoms with van der Waals surface area (Å²) in [7, 11) is 0. The Labute approximate surface area is 179 Å². The Hall–Kier alpha value is -2.80. The lowest BCUT2D eigenvalue weighted by molar-refractivity contribution is 0.0689. The highest BCUT2D eigenvalue weighted by atomic mass is 19.2. The van der Waals surface area contributed by atoms with E-state index in [4.69, 9.17) is 0 Å². The Morgan fingerprint density at radius 2 is 1.87 bits per heavy atom. The van der Waals surface area contributed by atoms with E-state index < -0.39 is 11.6 Å². The molecule has 1 saturated heterocycles. The highest BCUT2D eigenvalue weighted by molar-refractivity contribution is 5.94. The molecular formula is C24H26F3N3O. The van der Waals surface area contributed by atoms with Gasteiger partial charge in [0.15, 0.2) is 11.6 Å². The SMILES string of the molecule is O=C(c1ccc(F)c(F)c1)N1CCC(CNCCCc2c[nH]c3ccc(F)cc23)CC1. The van der Waals surface area contributed by atoms with Crippen LogP contribution >= 0.6 is 0 Å². The summed E-state index contributed by atoms with van der Waals surface area (Å²) in [6, 6.07) is 8.08. The van der Waals surface area contributed by atoms with E-state index in [9.17, 15) is 18.0 Å². The Morgan fingerprint density at radius 1 is 1.06 bits per heavy atom. The Kier molecular flexibility index (Phi) is 6.61. The second-order valence-corrected chi connectivity index (χ2v) is 8.18. The molecule has 0 unspecified atom stereocenters. The van der Waals surface area contributed by atoms with Crippen LogP contribution in [-0.4, -0.2) is 42.0 Å². The molecule has 1 amide bonds. The third-order valence-corrected chi connectivity index (χ3v) is 6.03. The lowest BCUT2D eigenvalue weighted by Crippen LogP contribution is -2.41. The maximum atomic E-state index is 13.5. The fourth-order valence-corrected chi connectivity index (χ4v) is 4.22. The van der Waals surface area contributed by atoms with Crippen molar-refractivity contribution in [2.24, 2.45) is 5.92 Å². The molecule has 0 aliphatic carbocycles. The van der Waals surface area contributed by atoms with Crippen LogP contribution in [0.2, 0.25) is 0 Å². The Balaban J connectivity index is 1.17. The van der Waals surface area contributed by atoms with Crippen molar-refractivity contribution in [1.29, 1.82) is 0 Å². The number of hydrogen-bond acceptors (Lipinski definition) is 2. The molecule has 1 aromatic heterocycles. The average molecular weight is 429 g/mol. The van der Waals surface area contributed by atoms with Gasteiger partial charge in [0, 0.05) is 35.8 Å². The lowest BCUT2D eigenvalue weighted by Gasteiger charge is -2.32. The molecule has 3 aromatic rings. The zero-order valence-corrected chi connectivity index (χ0v) is 17.3. The number of nitrogens with one attached hydrogen (secondary N) is 2. The van der Waals surface area contributed by atoms with Gasteiger partial charge in [0.1, 0.15) is 5.82 Å². The number of fused-ring (bicyclic) bond motifs is 1. The number of halogens is 3. The number of nitrogens with zero attached hydrogens (tertiary/aromatic N) is 1. The molecule has 0 saturated carbocycles. The summed E-state index contributed by atoms with van der Waals surface area (Å²) >= 11 is 0. The molecular weight excluding hydrogens is 403 g/mol. The predicted molar refractivity (Wildman–Crippen MR) is 114 cm³/mol. The van der Waals surface area contributed by atoms with Crippen LogP contribution in [-0.2, 0) is 6.42 Å². The zero-order chi connectivity index (χ0) is 21.8. The monoisotopic (exact) mass is 429 g/mol. The molecule has 2 heterocycles. The van der Waals surface area contributed by atoms with E-state index >= 15 is 0 Å². The molecule has 0 bridgehead atoms. The van der Waals surface area contributed by atoms with Gasteiger partial charge in [0.05, 0.1) is 0 Å². The predicted octanol–water partition coefficient (Wildman–Crippen LogP) is 4.66. The zero-order valence-electron chi connectivity index (χ0n) is 17.3. The Morgan fingerprint density at radius 3 is 2.65 bits per heavy atom. The molecule has 1 aliphatic heterocycles. The van der Waals surface area contributed by atoms with E-state index in [-0.39, 0.29) is 17.3 Å². The molecule has 1 aliphatic rings. The van der Waals surface area contributed by atoms with Gasteiger partial charge < -0.3 is 15.2 Å². The minimum absolute atomic E-state index is 0.188. The van der Waals surface area contributed by atoms with Crippen LogP contribution in [0.5, 0.6) is 0 Å². The van der Waals surface area contributed by atoms with Crippen LogP contribution in [0, 0.1) is 23.4 Å². The second-order valence-electron chi connectivity index (χ2n) is 8.18. The molecule has 0 spiro atoms. The number of likely N-dealkylation sites (tertiary alicyclic amines) is 1. The van der Waals surface area contributed by atoms with Crippen molar-refractivity contribution >= 4 is 16.8 Å². The topological polar surface area (TPSA) is 48.1 Å². The number of amides is 1. The number of rotatable bonds is 7. The number of benzene rings is 2. The summed E-state index contributed by atoms with van der Waals surface area (Å²) in [5.74, 6) is -1.93. The number of piperidine rings is 1. The van der Waals surface area contributed by atoms with Crippen LogP contribution in [0.3, 0.4) is 0 Å². The van der Waals surface area contributed by atoms with Crippen molar-refractivity contribution in [3.05, 3.63) is 71.2 Å². The van der Waals surface area contributed by atoms with Crippen molar-refractivity contribution in [3.8, 4) is 0 Å². The maximum Gasteiger partial charge on any atom is 0.253 e. The first-order valence-corrected chi connectivity index (χ1v) is 10.7. The molecule has 2 aromatic carbocycles. The quantitative estimate of drug-likeness (QED) is 0.537. The second kappa shape index (κ2) is 9.56. The van der Waals surface area contributed by atoms with Gasteiger partial charge in [-0.2, -0.15) is 0 Å². The van der Waals surface area contributed by atoms with Gasteiger partial charge in [-0.1, -0.05) is 0 Å². The van der Waals surface area contributed by atoms with Crippen LogP contribution in [0.1, 0.15) is 35.2 Å². The molecule has 2 N–H and O–H groups in total. The van der Waals surface area contributed by atoms with E-state index in [2.05, 4.69) is 10.3 Å². The van der Waals surface area contributed by atoms with E-state index in [1.807, 2.05) is 6.20 Å². The molecule has 7 heteroatoms. The number of aromatic amines is 1. The fraction of sp³-hybridized carbons (Fsp3) is 0.375. The summed E-state index contributed by atoms with van der Waals surface area (Å²) in [6.07, 6.45) is 5.53. The highest BCUT2D eigenvalue weighted by Gasteiger charge is 2.24. The number of carbonyl (C=O) groups is 1. The minimum atomic E-state index is -0.997. The maximum absolute atomic E-state index is 13.5. The molecule has 31 heavy (non-hydrogen) atoms. The molecule has 164 valence electrons. The fourth-order valence-electron chi connectivity index (χ4n) is 4.22. The van der Waals surface area contributed by atoms with Gasteiger partial charge >= 0.3 is 0 Å². The number of hydrogen-bond donors (Lipinski definition) is 2. The third kappa shape index (κ3) is 5.10. The van der Waals surface area contributed by atoms with Crippen molar-refractivity contribution in [2.75, 3.05) is 26.2 Å². The number of carbonyl (C=O) groups excluding carboxylic acids is 1. The number of H-pyrrole nitrogens is 1. The van der Waals surface area contributed by atoms with Gasteiger partial charge in [-0.15, -0.1) is 0 Å². The van der Waals surface area contributed by atoms with Crippen molar-refractivity contribution in [2.45, 2.75) is 25.7 Å². The number of aromatic nitrogens is 1. The standard InChI is InChI=1S/C24H26F3N3O/c25-19-4-6-23-20(13-19)18(15-29-23)2-1-9-28-14-16-7-10-30(11-8-16)24(31)17-3-5-21(26)22(27)12-17/h3-6,12-13,15-16,28-29H,1-2,7-11,14H2. The summed E-state index contributed by atoms with van der Waals surface area (Å²) < 4.78 is 39.9.